The van der Waals surface area contributed by atoms with Crippen LogP contribution in [0.5, 0.6) is 0 Å². The third-order valence-electron chi connectivity index (χ3n) is 2.97. The number of nitrogens with zero attached hydrogens (tertiary/aromatic N) is 1. The lowest BCUT2D eigenvalue weighted by Gasteiger charge is -2.33. The van der Waals surface area contributed by atoms with Crippen molar-refractivity contribution in [2.75, 3.05) is 19.6 Å². The lowest BCUT2D eigenvalue weighted by Crippen LogP contribution is -2.49. The van der Waals surface area contributed by atoms with Gasteiger partial charge in [-0.15, -0.1) is 0 Å². The molecule has 0 spiro atoms. The highest BCUT2D eigenvalue weighted by Crippen LogP contribution is 2.12. The number of hydrogen-bond acceptors (Lipinski definition) is 2. The van der Waals surface area contributed by atoms with E-state index in [0.717, 1.165) is 31.7 Å². The second-order valence-electron chi connectivity index (χ2n) is 4.12. The second-order valence-corrected chi connectivity index (χ2v) is 4.12. The fraction of sp³-hybridized carbons (Fsp3) is 0.500. The SMILES string of the molecule is C[C@@H]1CNCCN1Cc1ccccc1F. The molecule has 1 aromatic carbocycles. The van der Waals surface area contributed by atoms with Crippen LogP contribution < -0.4 is 5.32 Å². The van der Waals surface area contributed by atoms with Crippen LogP contribution in [0.15, 0.2) is 24.3 Å². The van der Waals surface area contributed by atoms with Gasteiger partial charge in [-0.25, -0.2) is 4.39 Å². The molecule has 82 valence electrons. The number of piperazine rings is 1. The van der Waals surface area contributed by atoms with Gasteiger partial charge in [-0.1, -0.05) is 18.2 Å². The summed E-state index contributed by atoms with van der Waals surface area (Å²) in [5.74, 6) is -0.0942. The molecule has 0 radical (unpaired) electrons. The summed E-state index contributed by atoms with van der Waals surface area (Å²) in [5.41, 5.74) is 0.797. The van der Waals surface area contributed by atoms with Gasteiger partial charge in [-0.3, -0.25) is 4.90 Å². The Hall–Kier alpha value is -0.930. The van der Waals surface area contributed by atoms with Gasteiger partial charge < -0.3 is 5.32 Å². The largest absolute Gasteiger partial charge is 0.314 e. The van der Waals surface area contributed by atoms with Crippen molar-refractivity contribution in [1.29, 1.82) is 0 Å². The van der Waals surface area contributed by atoms with Crippen LogP contribution in [0.3, 0.4) is 0 Å². The first-order valence-electron chi connectivity index (χ1n) is 5.45. The average Bonchev–Trinajstić information content (AvgIpc) is 2.24. The van der Waals surface area contributed by atoms with Crippen molar-refractivity contribution in [3.63, 3.8) is 0 Å². The van der Waals surface area contributed by atoms with Crippen molar-refractivity contribution in [3.8, 4) is 0 Å². The summed E-state index contributed by atoms with van der Waals surface area (Å²) in [7, 11) is 0. The van der Waals surface area contributed by atoms with Gasteiger partial charge in [0.25, 0.3) is 0 Å². The Morgan fingerprint density at radius 1 is 1.47 bits per heavy atom. The highest BCUT2D eigenvalue weighted by molar-refractivity contribution is 5.17. The molecule has 0 amide bonds. The van der Waals surface area contributed by atoms with E-state index in [1.165, 1.54) is 6.07 Å². The molecule has 1 aliphatic rings. The van der Waals surface area contributed by atoms with E-state index in [2.05, 4.69) is 17.1 Å². The molecule has 1 fully saturated rings. The van der Waals surface area contributed by atoms with E-state index in [9.17, 15) is 4.39 Å². The van der Waals surface area contributed by atoms with Crippen molar-refractivity contribution in [2.45, 2.75) is 19.5 Å². The van der Waals surface area contributed by atoms with E-state index in [0.29, 0.717) is 6.04 Å². The van der Waals surface area contributed by atoms with Crippen molar-refractivity contribution in [2.24, 2.45) is 0 Å². The molecule has 1 atom stereocenters. The summed E-state index contributed by atoms with van der Waals surface area (Å²) < 4.78 is 13.4. The number of hydrogen-bond donors (Lipinski definition) is 1. The smallest absolute Gasteiger partial charge is 0.127 e. The molecule has 0 unspecified atom stereocenters. The lowest BCUT2D eigenvalue weighted by atomic mass is 10.1. The summed E-state index contributed by atoms with van der Waals surface area (Å²) >= 11 is 0. The molecule has 0 saturated carbocycles. The van der Waals surface area contributed by atoms with Gasteiger partial charge in [0, 0.05) is 37.8 Å². The normalized spacial score (nSPS) is 22.9. The predicted octanol–water partition coefficient (Wildman–Crippen LogP) is 1.62. The van der Waals surface area contributed by atoms with Gasteiger partial charge in [-0.05, 0) is 13.0 Å². The number of nitrogens with one attached hydrogen (secondary N) is 1. The van der Waals surface area contributed by atoms with Crippen LogP contribution in [0.1, 0.15) is 12.5 Å². The molecule has 2 nitrogen and oxygen atoms in total. The Morgan fingerprint density at radius 2 is 2.27 bits per heavy atom. The Kier molecular flexibility index (Phi) is 3.34. The van der Waals surface area contributed by atoms with Gasteiger partial charge in [0.05, 0.1) is 0 Å². The third-order valence-corrected chi connectivity index (χ3v) is 2.97. The summed E-state index contributed by atoms with van der Waals surface area (Å²) in [6.07, 6.45) is 0. The molecular weight excluding hydrogens is 191 g/mol. The Bertz CT molecular complexity index is 327. The van der Waals surface area contributed by atoms with E-state index in [-0.39, 0.29) is 5.82 Å². The molecular formula is C12H17FN2. The molecule has 3 heteroatoms. The van der Waals surface area contributed by atoms with Gasteiger partial charge in [-0.2, -0.15) is 0 Å². The average molecular weight is 208 g/mol. The van der Waals surface area contributed by atoms with Crippen molar-refractivity contribution >= 4 is 0 Å². The molecule has 0 bridgehead atoms. The van der Waals surface area contributed by atoms with E-state index in [1.807, 2.05) is 12.1 Å². The van der Waals surface area contributed by atoms with Gasteiger partial charge in [0.15, 0.2) is 0 Å². The fourth-order valence-electron chi connectivity index (χ4n) is 1.96. The van der Waals surface area contributed by atoms with Crippen LogP contribution in [-0.2, 0) is 6.54 Å². The van der Waals surface area contributed by atoms with Crippen LogP contribution in [0, 0.1) is 5.82 Å². The number of rotatable bonds is 2. The molecule has 2 rings (SSSR count). The molecule has 1 N–H and O–H groups in total. The molecule has 15 heavy (non-hydrogen) atoms. The summed E-state index contributed by atoms with van der Waals surface area (Å²) in [6, 6.07) is 7.51. The lowest BCUT2D eigenvalue weighted by molar-refractivity contribution is 0.164. The standard InChI is InChI=1S/C12H17FN2/c1-10-8-14-6-7-15(10)9-11-4-2-3-5-12(11)13/h2-5,10,14H,6-9H2,1H3/t10-/m1/s1. The first-order chi connectivity index (χ1) is 7.27. The zero-order chi connectivity index (χ0) is 10.7. The van der Waals surface area contributed by atoms with Gasteiger partial charge in [0.2, 0.25) is 0 Å². The van der Waals surface area contributed by atoms with Crippen molar-refractivity contribution < 1.29 is 4.39 Å². The summed E-state index contributed by atoms with van der Waals surface area (Å²) in [5, 5.41) is 3.33. The van der Waals surface area contributed by atoms with E-state index in [1.54, 1.807) is 6.07 Å². The Labute approximate surface area is 90.1 Å². The van der Waals surface area contributed by atoms with Crippen LogP contribution >= 0.6 is 0 Å². The monoisotopic (exact) mass is 208 g/mol. The van der Waals surface area contributed by atoms with Crippen LogP contribution in [0.4, 0.5) is 4.39 Å². The second kappa shape index (κ2) is 4.73. The first kappa shape index (κ1) is 10.6. The van der Waals surface area contributed by atoms with Gasteiger partial charge >= 0.3 is 0 Å². The van der Waals surface area contributed by atoms with Crippen LogP contribution in [0.2, 0.25) is 0 Å². The highest BCUT2D eigenvalue weighted by atomic mass is 19.1. The maximum atomic E-state index is 13.4. The fourth-order valence-corrected chi connectivity index (χ4v) is 1.96. The number of halogens is 1. The van der Waals surface area contributed by atoms with Gasteiger partial charge in [0.1, 0.15) is 5.82 Å². The molecule has 0 aliphatic carbocycles. The van der Waals surface area contributed by atoms with Crippen molar-refractivity contribution in [1.82, 2.24) is 10.2 Å². The minimum Gasteiger partial charge on any atom is -0.314 e. The Balaban J connectivity index is 2.04. The topological polar surface area (TPSA) is 15.3 Å². The third kappa shape index (κ3) is 2.55. The quantitative estimate of drug-likeness (QED) is 0.794. The maximum Gasteiger partial charge on any atom is 0.127 e. The maximum absolute atomic E-state index is 13.4. The molecule has 1 heterocycles. The minimum absolute atomic E-state index is 0.0942. The first-order valence-corrected chi connectivity index (χ1v) is 5.45. The Morgan fingerprint density at radius 3 is 3.00 bits per heavy atom. The molecule has 0 aromatic heterocycles. The highest BCUT2D eigenvalue weighted by Gasteiger charge is 2.18. The van der Waals surface area contributed by atoms with Crippen molar-refractivity contribution in [3.05, 3.63) is 35.6 Å². The zero-order valence-electron chi connectivity index (χ0n) is 9.04. The minimum atomic E-state index is -0.0942. The van der Waals surface area contributed by atoms with Crippen LogP contribution in [-0.4, -0.2) is 30.6 Å². The van der Waals surface area contributed by atoms with Crippen LogP contribution in [0.25, 0.3) is 0 Å². The van der Waals surface area contributed by atoms with E-state index < -0.39 is 0 Å². The molecule has 1 saturated heterocycles. The number of benzene rings is 1. The van der Waals surface area contributed by atoms with E-state index >= 15 is 0 Å². The summed E-state index contributed by atoms with van der Waals surface area (Å²) in [6.45, 7) is 5.88. The summed E-state index contributed by atoms with van der Waals surface area (Å²) in [4.78, 5) is 2.31. The zero-order valence-corrected chi connectivity index (χ0v) is 9.04. The molecule has 1 aromatic rings. The molecule has 1 aliphatic heterocycles. The predicted molar refractivity (Wildman–Crippen MR) is 59.1 cm³/mol. The van der Waals surface area contributed by atoms with E-state index in [4.69, 9.17) is 0 Å².